The van der Waals surface area contributed by atoms with Crippen LogP contribution in [0.2, 0.25) is 0 Å². The molecule has 0 heterocycles. The predicted octanol–water partition coefficient (Wildman–Crippen LogP) is 1.97. The molecule has 0 aromatic heterocycles. The fourth-order valence-electron chi connectivity index (χ4n) is 1.92. The average molecular weight is 272 g/mol. The average Bonchev–Trinajstić information content (AvgIpc) is 2.45. The van der Waals surface area contributed by atoms with Crippen molar-refractivity contribution in [2.24, 2.45) is 0 Å². The second-order valence-corrected chi connectivity index (χ2v) is 4.53. The summed E-state index contributed by atoms with van der Waals surface area (Å²) in [6.07, 6.45) is 5.80. The maximum Gasteiger partial charge on any atom is 0.190 e. The molecule has 0 spiro atoms. The van der Waals surface area contributed by atoms with Crippen LogP contribution in [0, 0.1) is 0 Å². The third-order valence-electron chi connectivity index (χ3n) is 2.99. The largest absolute Gasteiger partial charge is 0.500 e. The van der Waals surface area contributed by atoms with Crippen molar-refractivity contribution >= 4 is 5.78 Å². The first-order valence-corrected chi connectivity index (χ1v) is 6.20. The first-order chi connectivity index (χ1) is 9.52. The molecule has 0 amide bonds. The molecule has 1 aliphatic rings. The fraction of sp³-hybridized carbons (Fsp3) is 0.188. The number of aliphatic hydroxyl groups is 2. The Labute approximate surface area is 117 Å². The van der Waals surface area contributed by atoms with Crippen LogP contribution in [0.3, 0.4) is 0 Å². The van der Waals surface area contributed by atoms with Gasteiger partial charge in [0.25, 0.3) is 0 Å². The van der Waals surface area contributed by atoms with Crippen molar-refractivity contribution in [2.75, 3.05) is 7.11 Å². The van der Waals surface area contributed by atoms with Gasteiger partial charge in [0.2, 0.25) is 0 Å². The van der Waals surface area contributed by atoms with Gasteiger partial charge >= 0.3 is 0 Å². The molecule has 1 aromatic rings. The molecule has 4 heteroatoms. The molecular weight excluding hydrogens is 256 g/mol. The highest BCUT2D eigenvalue weighted by molar-refractivity contribution is 6.04. The molecular formula is C16H16O4. The number of benzene rings is 1. The molecule has 4 nitrogen and oxygen atoms in total. The molecule has 2 rings (SSSR count). The molecule has 2 N–H and O–H groups in total. The van der Waals surface area contributed by atoms with E-state index in [4.69, 9.17) is 4.74 Å². The summed E-state index contributed by atoms with van der Waals surface area (Å²) >= 11 is 0. The maximum absolute atomic E-state index is 11.9. The summed E-state index contributed by atoms with van der Waals surface area (Å²) in [6.45, 7) is 0. The van der Waals surface area contributed by atoms with Gasteiger partial charge in [-0.3, -0.25) is 4.79 Å². The van der Waals surface area contributed by atoms with Crippen LogP contribution in [0.25, 0.3) is 0 Å². The van der Waals surface area contributed by atoms with Gasteiger partial charge in [0.05, 0.1) is 13.5 Å². The van der Waals surface area contributed by atoms with E-state index in [0.717, 1.165) is 0 Å². The zero-order valence-corrected chi connectivity index (χ0v) is 11.1. The molecule has 0 saturated carbocycles. The first-order valence-electron chi connectivity index (χ1n) is 6.20. The first kappa shape index (κ1) is 14.2. The molecule has 20 heavy (non-hydrogen) atoms. The molecule has 0 unspecified atom stereocenters. The Morgan fingerprint density at radius 1 is 1.30 bits per heavy atom. The molecule has 104 valence electrons. The van der Waals surface area contributed by atoms with Gasteiger partial charge in [-0.15, -0.1) is 0 Å². The molecule has 0 atom stereocenters. The lowest BCUT2D eigenvalue weighted by Gasteiger charge is -2.23. The van der Waals surface area contributed by atoms with E-state index in [0.29, 0.717) is 16.9 Å². The van der Waals surface area contributed by atoms with Gasteiger partial charge in [0.15, 0.2) is 11.6 Å². The minimum atomic E-state index is -1.90. The van der Waals surface area contributed by atoms with Gasteiger partial charge in [-0.05, 0) is 18.2 Å². The highest BCUT2D eigenvalue weighted by atomic mass is 16.5. The van der Waals surface area contributed by atoms with E-state index in [9.17, 15) is 15.0 Å². The summed E-state index contributed by atoms with van der Waals surface area (Å²) in [6, 6.07) is 8.92. The number of hydrogen-bond donors (Lipinski definition) is 2. The highest BCUT2D eigenvalue weighted by Gasteiger charge is 2.26. The van der Waals surface area contributed by atoms with Crippen molar-refractivity contribution in [3.8, 4) is 0 Å². The van der Waals surface area contributed by atoms with E-state index in [1.54, 1.807) is 30.3 Å². The molecule has 1 aliphatic carbocycles. The SMILES string of the molecule is COC1=C(C=CC(=O)c2ccccc2)C=CC(O)(O)C1. The summed E-state index contributed by atoms with van der Waals surface area (Å²) in [5.74, 6) is -1.59. The quantitative estimate of drug-likeness (QED) is 0.499. The lowest BCUT2D eigenvalue weighted by Crippen LogP contribution is -2.28. The van der Waals surface area contributed by atoms with E-state index in [2.05, 4.69) is 0 Å². The van der Waals surface area contributed by atoms with E-state index < -0.39 is 5.79 Å². The van der Waals surface area contributed by atoms with E-state index >= 15 is 0 Å². The lowest BCUT2D eigenvalue weighted by atomic mass is 9.99. The number of allylic oxidation sites excluding steroid dienone is 4. The Hall–Kier alpha value is -2.17. The second kappa shape index (κ2) is 5.86. The Bertz CT molecular complexity index is 580. The minimum absolute atomic E-state index is 0.0425. The number of rotatable bonds is 4. The predicted molar refractivity (Wildman–Crippen MR) is 74.9 cm³/mol. The van der Waals surface area contributed by atoms with Crippen molar-refractivity contribution in [3.63, 3.8) is 0 Å². The zero-order valence-electron chi connectivity index (χ0n) is 11.1. The summed E-state index contributed by atoms with van der Waals surface area (Å²) in [5, 5.41) is 19.0. The van der Waals surface area contributed by atoms with Crippen molar-refractivity contribution in [3.05, 3.63) is 71.5 Å². The van der Waals surface area contributed by atoms with Crippen LogP contribution in [-0.2, 0) is 4.74 Å². The number of methoxy groups -OCH3 is 1. The molecule has 0 aliphatic heterocycles. The third kappa shape index (κ3) is 3.44. The third-order valence-corrected chi connectivity index (χ3v) is 2.99. The number of ketones is 1. The molecule has 0 bridgehead atoms. The standard InChI is InChI=1S/C16H16O4/c1-20-15-11-16(18,19)10-9-13(15)7-8-14(17)12-5-3-2-4-6-12/h2-10,18-19H,11H2,1H3. The van der Waals surface area contributed by atoms with Crippen molar-refractivity contribution in [2.45, 2.75) is 12.2 Å². The van der Waals surface area contributed by atoms with Crippen LogP contribution < -0.4 is 0 Å². The van der Waals surface area contributed by atoms with Gasteiger partial charge in [0.1, 0.15) is 5.76 Å². The molecule has 0 radical (unpaired) electrons. The monoisotopic (exact) mass is 272 g/mol. The molecule has 0 fully saturated rings. The van der Waals surface area contributed by atoms with E-state index in [1.165, 1.54) is 25.3 Å². The lowest BCUT2D eigenvalue weighted by molar-refractivity contribution is -0.123. The van der Waals surface area contributed by atoms with E-state index in [1.807, 2.05) is 6.07 Å². The fourth-order valence-corrected chi connectivity index (χ4v) is 1.92. The Balaban J connectivity index is 2.17. The summed E-state index contributed by atoms with van der Waals surface area (Å²) in [7, 11) is 1.46. The second-order valence-electron chi connectivity index (χ2n) is 4.53. The van der Waals surface area contributed by atoms with Gasteiger partial charge in [-0.25, -0.2) is 0 Å². The maximum atomic E-state index is 11.9. The van der Waals surface area contributed by atoms with Gasteiger partial charge in [0, 0.05) is 11.1 Å². The Morgan fingerprint density at radius 2 is 2.00 bits per heavy atom. The van der Waals surface area contributed by atoms with Crippen LogP contribution in [0.5, 0.6) is 0 Å². The van der Waals surface area contributed by atoms with Gasteiger partial charge in [-0.2, -0.15) is 0 Å². The number of carbonyl (C=O) groups is 1. The zero-order chi connectivity index (χ0) is 14.6. The summed E-state index contributed by atoms with van der Waals surface area (Å²) in [5.41, 5.74) is 1.25. The normalized spacial score (nSPS) is 17.6. The topological polar surface area (TPSA) is 66.8 Å². The minimum Gasteiger partial charge on any atom is -0.500 e. The Morgan fingerprint density at radius 3 is 2.65 bits per heavy atom. The Kier molecular flexibility index (Phi) is 4.17. The van der Waals surface area contributed by atoms with Crippen LogP contribution in [0.4, 0.5) is 0 Å². The van der Waals surface area contributed by atoms with Gasteiger partial charge in [-0.1, -0.05) is 36.4 Å². The van der Waals surface area contributed by atoms with Crippen molar-refractivity contribution in [1.29, 1.82) is 0 Å². The number of carbonyl (C=O) groups excluding carboxylic acids is 1. The summed E-state index contributed by atoms with van der Waals surface area (Å²) in [4.78, 5) is 11.9. The van der Waals surface area contributed by atoms with Crippen molar-refractivity contribution < 1.29 is 19.7 Å². The molecule has 1 aromatic carbocycles. The summed E-state index contributed by atoms with van der Waals surface area (Å²) < 4.78 is 5.12. The van der Waals surface area contributed by atoms with Crippen LogP contribution in [0.1, 0.15) is 16.8 Å². The number of hydrogen-bond acceptors (Lipinski definition) is 4. The highest BCUT2D eigenvalue weighted by Crippen LogP contribution is 2.26. The van der Waals surface area contributed by atoms with Crippen molar-refractivity contribution in [1.82, 2.24) is 0 Å². The molecule has 0 saturated heterocycles. The number of ether oxygens (including phenoxy) is 1. The van der Waals surface area contributed by atoms with E-state index in [-0.39, 0.29) is 12.2 Å². The van der Waals surface area contributed by atoms with Gasteiger partial charge < -0.3 is 14.9 Å². The van der Waals surface area contributed by atoms with Crippen LogP contribution in [0.15, 0.2) is 66.0 Å². The van der Waals surface area contributed by atoms with Crippen LogP contribution >= 0.6 is 0 Å². The smallest absolute Gasteiger partial charge is 0.190 e. The van der Waals surface area contributed by atoms with Crippen LogP contribution in [-0.4, -0.2) is 28.9 Å².